The van der Waals surface area contributed by atoms with Gasteiger partial charge in [-0.3, -0.25) is 0 Å². The Balaban J connectivity index is 1.79. The van der Waals surface area contributed by atoms with Crippen molar-refractivity contribution in [3.8, 4) is 5.75 Å². The minimum Gasteiger partial charge on any atom is -0.497 e. The van der Waals surface area contributed by atoms with Gasteiger partial charge in [-0.15, -0.1) is 0 Å². The molecule has 0 bridgehead atoms. The van der Waals surface area contributed by atoms with E-state index in [-0.39, 0.29) is 11.9 Å². The number of hydrogen-bond donors (Lipinski definition) is 2. The van der Waals surface area contributed by atoms with Gasteiger partial charge in [-0.25, -0.2) is 4.39 Å². The smallest absolute Gasteiger partial charge is 0.126 e. The summed E-state index contributed by atoms with van der Waals surface area (Å²) >= 11 is 0. The molecule has 0 saturated heterocycles. The van der Waals surface area contributed by atoms with Crippen molar-refractivity contribution in [3.63, 3.8) is 0 Å². The van der Waals surface area contributed by atoms with Gasteiger partial charge in [-0.05, 0) is 49.1 Å². The predicted molar refractivity (Wildman–Crippen MR) is 90.1 cm³/mol. The third-order valence-electron chi connectivity index (χ3n) is 3.94. The van der Waals surface area contributed by atoms with E-state index in [0.717, 1.165) is 23.3 Å². The van der Waals surface area contributed by atoms with Crippen LogP contribution in [0.1, 0.15) is 30.6 Å². The molecule has 2 N–H and O–H groups in total. The first-order chi connectivity index (χ1) is 11.1. The molecule has 0 aromatic heterocycles. The second kappa shape index (κ2) is 8.65. The molecule has 4 heteroatoms. The van der Waals surface area contributed by atoms with Gasteiger partial charge in [0.25, 0.3) is 0 Å². The summed E-state index contributed by atoms with van der Waals surface area (Å²) in [6, 6.07) is 14.4. The number of ether oxygens (including phenoxy) is 1. The van der Waals surface area contributed by atoms with Crippen LogP contribution in [-0.2, 0) is 6.42 Å². The van der Waals surface area contributed by atoms with Crippen LogP contribution in [0.3, 0.4) is 0 Å². The fourth-order valence-electron chi connectivity index (χ4n) is 2.45. The van der Waals surface area contributed by atoms with Crippen molar-refractivity contribution in [3.05, 3.63) is 65.5 Å². The average molecular weight is 317 g/mol. The van der Waals surface area contributed by atoms with Gasteiger partial charge in [0, 0.05) is 12.6 Å². The highest BCUT2D eigenvalue weighted by molar-refractivity contribution is 5.29. The number of aliphatic hydroxyl groups is 1. The number of rotatable bonds is 8. The molecule has 0 amide bonds. The van der Waals surface area contributed by atoms with Crippen molar-refractivity contribution in [1.82, 2.24) is 5.32 Å². The number of aryl methyl sites for hydroxylation is 1. The molecule has 2 rings (SSSR count). The fourth-order valence-corrected chi connectivity index (χ4v) is 2.45. The van der Waals surface area contributed by atoms with Gasteiger partial charge in [0.1, 0.15) is 11.6 Å². The van der Waals surface area contributed by atoms with Gasteiger partial charge in [-0.1, -0.05) is 30.3 Å². The number of benzene rings is 2. The summed E-state index contributed by atoms with van der Waals surface area (Å²) in [4.78, 5) is 0. The highest BCUT2D eigenvalue weighted by Gasteiger charge is 2.11. The van der Waals surface area contributed by atoms with Crippen LogP contribution in [0.2, 0.25) is 0 Å². The maximum Gasteiger partial charge on any atom is 0.126 e. The molecule has 3 nitrogen and oxygen atoms in total. The topological polar surface area (TPSA) is 41.5 Å². The van der Waals surface area contributed by atoms with Crippen LogP contribution in [0.5, 0.6) is 5.75 Å². The Morgan fingerprint density at radius 3 is 2.70 bits per heavy atom. The van der Waals surface area contributed by atoms with Gasteiger partial charge in [0.2, 0.25) is 0 Å². The van der Waals surface area contributed by atoms with Crippen LogP contribution in [0.15, 0.2) is 48.5 Å². The van der Waals surface area contributed by atoms with Gasteiger partial charge in [0.05, 0.1) is 13.2 Å². The summed E-state index contributed by atoms with van der Waals surface area (Å²) in [6.45, 7) is 2.49. The van der Waals surface area contributed by atoms with E-state index in [1.807, 2.05) is 43.3 Å². The van der Waals surface area contributed by atoms with Crippen LogP contribution >= 0.6 is 0 Å². The normalized spacial score (nSPS) is 13.6. The molecule has 0 heterocycles. The Morgan fingerprint density at radius 1 is 1.17 bits per heavy atom. The second-order valence-electron chi connectivity index (χ2n) is 5.73. The van der Waals surface area contributed by atoms with E-state index in [1.165, 1.54) is 6.07 Å². The summed E-state index contributed by atoms with van der Waals surface area (Å²) < 4.78 is 18.7. The van der Waals surface area contributed by atoms with E-state index < -0.39 is 6.10 Å². The summed E-state index contributed by atoms with van der Waals surface area (Å²) in [5, 5.41) is 13.5. The SMILES string of the molecule is COc1cccc(C(O)CNC(C)CCc2ccccc2F)c1. The first kappa shape index (κ1) is 17.4. The molecule has 2 aromatic rings. The number of hydrogen-bond acceptors (Lipinski definition) is 3. The van der Waals surface area contributed by atoms with Crippen LogP contribution in [0, 0.1) is 5.82 Å². The molecule has 2 aromatic carbocycles. The molecule has 2 atom stereocenters. The van der Waals surface area contributed by atoms with Crippen molar-refractivity contribution >= 4 is 0 Å². The van der Waals surface area contributed by atoms with Gasteiger partial charge in [0.15, 0.2) is 0 Å². The lowest BCUT2D eigenvalue weighted by Gasteiger charge is -2.18. The molecule has 0 spiro atoms. The van der Waals surface area contributed by atoms with Crippen LogP contribution in [-0.4, -0.2) is 24.8 Å². The molecule has 0 aliphatic rings. The van der Waals surface area contributed by atoms with Crippen molar-refractivity contribution in [2.24, 2.45) is 0 Å². The summed E-state index contributed by atoms with van der Waals surface area (Å²) in [5.41, 5.74) is 1.55. The predicted octanol–water partition coefficient (Wildman–Crippen LogP) is 3.48. The first-order valence-corrected chi connectivity index (χ1v) is 7.89. The van der Waals surface area contributed by atoms with Gasteiger partial charge >= 0.3 is 0 Å². The van der Waals surface area contributed by atoms with Crippen molar-refractivity contribution in [1.29, 1.82) is 0 Å². The molecular formula is C19H24FNO2. The fraction of sp³-hybridized carbons (Fsp3) is 0.368. The maximum atomic E-state index is 13.6. The van der Waals surface area contributed by atoms with Crippen LogP contribution < -0.4 is 10.1 Å². The highest BCUT2D eigenvalue weighted by Crippen LogP contribution is 2.18. The van der Waals surface area contributed by atoms with Crippen molar-refractivity contribution in [2.75, 3.05) is 13.7 Å². The zero-order valence-electron chi connectivity index (χ0n) is 13.6. The van der Waals surface area contributed by atoms with Gasteiger partial charge in [-0.2, -0.15) is 0 Å². The zero-order chi connectivity index (χ0) is 16.7. The second-order valence-corrected chi connectivity index (χ2v) is 5.73. The Hall–Kier alpha value is -1.91. The van der Waals surface area contributed by atoms with Crippen molar-refractivity contribution in [2.45, 2.75) is 31.9 Å². The molecule has 124 valence electrons. The van der Waals surface area contributed by atoms with E-state index in [0.29, 0.717) is 13.0 Å². The highest BCUT2D eigenvalue weighted by atomic mass is 19.1. The Morgan fingerprint density at radius 2 is 1.96 bits per heavy atom. The molecule has 0 radical (unpaired) electrons. The largest absolute Gasteiger partial charge is 0.497 e. The van der Waals surface area contributed by atoms with Crippen molar-refractivity contribution < 1.29 is 14.2 Å². The third-order valence-corrected chi connectivity index (χ3v) is 3.94. The quantitative estimate of drug-likeness (QED) is 0.783. The molecule has 0 fully saturated rings. The zero-order valence-corrected chi connectivity index (χ0v) is 13.6. The molecule has 0 aliphatic carbocycles. The van der Waals surface area contributed by atoms with E-state index in [4.69, 9.17) is 4.74 Å². The minimum atomic E-state index is -0.596. The summed E-state index contributed by atoms with van der Waals surface area (Å²) in [5.74, 6) is 0.574. The Labute approximate surface area is 137 Å². The standard InChI is InChI=1S/C19H24FNO2/c1-14(10-11-15-6-3-4-9-18(15)20)21-13-19(22)16-7-5-8-17(12-16)23-2/h3-9,12,14,19,21-22H,10-11,13H2,1-2H3. The number of halogens is 1. The maximum absolute atomic E-state index is 13.6. The third kappa shape index (κ3) is 5.34. The molecule has 23 heavy (non-hydrogen) atoms. The molecule has 0 saturated carbocycles. The average Bonchev–Trinajstić information content (AvgIpc) is 2.59. The lowest BCUT2D eigenvalue weighted by atomic mass is 10.0. The number of nitrogens with one attached hydrogen (secondary N) is 1. The molecule has 2 unspecified atom stereocenters. The Kier molecular flexibility index (Phi) is 6.56. The summed E-state index contributed by atoms with van der Waals surface area (Å²) in [7, 11) is 1.61. The summed E-state index contributed by atoms with van der Waals surface area (Å²) in [6.07, 6.45) is 0.892. The lowest BCUT2D eigenvalue weighted by molar-refractivity contribution is 0.169. The Bertz CT molecular complexity index is 618. The number of aliphatic hydroxyl groups excluding tert-OH is 1. The first-order valence-electron chi connectivity index (χ1n) is 7.89. The van der Waals surface area contributed by atoms with E-state index in [1.54, 1.807) is 13.2 Å². The number of methoxy groups -OCH3 is 1. The van der Waals surface area contributed by atoms with E-state index in [9.17, 15) is 9.50 Å². The molecule has 0 aliphatic heterocycles. The molecular weight excluding hydrogens is 293 g/mol. The van der Waals surface area contributed by atoms with Crippen LogP contribution in [0.4, 0.5) is 4.39 Å². The lowest BCUT2D eigenvalue weighted by Crippen LogP contribution is -2.30. The minimum absolute atomic E-state index is 0.156. The van der Waals surface area contributed by atoms with Gasteiger partial charge < -0.3 is 15.2 Å². The van der Waals surface area contributed by atoms with E-state index >= 15 is 0 Å². The van der Waals surface area contributed by atoms with Crippen LogP contribution in [0.25, 0.3) is 0 Å². The monoisotopic (exact) mass is 317 g/mol. The van der Waals surface area contributed by atoms with E-state index in [2.05, 4.69) is 5.32 Å².